The number of rotatable bonds is 5. The average molecular weight is 691 g/mol. The second-order valence-electron chi connectivity index (χ2n) is 13.6. The number of furan rings is 1. The smallest absolute Gasteiger partial charge is 0.167 e. The van der Waals surface area contributed by atoms with Crippen molar-refractivity contribution in [3.63, 3.8) is 0 Å². The molecule has 0 unspecified atom stereocenters. The number of benzene rings is 8. The molecule has 0 saturated carbocycles. The number of hydrogen-bond acceptors (Lipinski definition) is 4. The summed E-state index contributed by atoms with van der Waals surface area (Å²) in [7, 11) is 0. The lowest BCUT2D eigenvalue weighted by Gasteiger charge is -2.13. The van der Waals surface area contributed by atoms with E-state index in [1.165, 1.54) is 38.1 Å². The van der Waals surface area contributed by atoms with Gasteiger partial charge >= 0.3 is 0 Å². The summed E-state index contributed by atoms with van der Waals surface area (Å²) in [5, 5.41) is 7.04. The molecule has 252 valence electrons. The zero-order chi connectivity index (χ0) is 35.6. The van der Waals surface area contributed by atoms with Crippen LogP contribution in [-0.4, -0.2) is 19.5 Å². The van der Waals surface area contributed by atoms with Gasteiger partial charge in [-0.1, -0.05) is 146 Å². The Balaban J connectivity index is 1.09. The van der Waals surface area contributed by atoms with Crippen LogP contribution in [0, 0.1) is 0 Å². The molecule has 0 aliphatic heterocycles. The molecule has 3 aromatic heterocycles. The summed E-state index contributed by atoms with van der Waals surface area (Å²) in [4.78, 5) is 15.1. The molecule has 0 bridgehead atoms. The summed E-state index contributed by atoms with van der Waals surface area (Å²) in [5.41, 5.74) is 10.0. The van der Waals surface area contributed by atoms with Gasteiger partial charge in [-0.05, 0) is 58.3 Å². The maximum absolute atomic E-state index is 6.41. The average Bonchev–Trinajstić information content (AvgIpc) is 3.80. The lowest BCUT2D eigenvalue weighted by atomic mass is 9.94. The van der Waals surface area contributed by atoms with Gasteiger partial charge in [0.2, 0.25) is 0 Å². The van der Waals surface area contributed by atoms with Gasteiger partial charge in [0.25, 0.3) is 0 Å². The van der Waals surface area contributed by atoms with Gasteiger partial charge in [-0.25, -0.2) is 15.0 Å². The van der Waals surface area contributed by atoms with E-state index in [1.807, 2.05) is 60.7 Å². The number of hydrogen-bond donors (Lipinski definition) is 0. The van der Waals surface area contributed by atoms with Gasteiger partial charge in [0.05, 0.1) is 16.6 Å². The fourth-order valence-corrected chi connectivity index (χ4v) is 7.99. The Kier molecular flexibility index (Phi) is 6.79. The van der Waals surface area contributed by atoms with Crippen molar-refractivity contribution in [2.45, 2.75) is 0 Å². The van der Waals surface area contributed by atoms with Crippen LogP contribution in [0.3, 0.4) is 0 Å². The molecular formula is C49H30N4O. The van der Waals surface area contributed by atoms with E-state index in [4.69, 9.17) is 19.4 Å². The third kappa shape index (κ3) is 4.76. The van der Waals surface area contributed by atoms with E-state index < -0.39 is 0 Å². The van der Waals surface area contributed by atoms with Crippen LogP contribution in [0.2, 0.25) is 0 Å². The second kappa shape index (κ2) is 12.1. The van der Waals surface area contributed by atoms with Crippen LogP contribution in [0.1, 0.15) is 0 Å². The van der Waals surface area contributed by atoms with E-state index in [1.54, 1.807) is 0 Å². The first-order chi connectivity index (χ1) is 26.8. The molecule has 11 aromatic rings. The summed E-state index contributed by atoms with van der Waals surface area (Å²) < 4.78 is 8.80. The van der Waals surface area contributed by atoms with Crippen molar-refractivity contribution in [3.8, 4) is 51.0 Å². The summed E-state index contributed by atoms with van der Waals surface area (Å²) in [5.74, 6) is 1.78. The van der Waals surface area contributed by atoms with Crippen molar-refractivity contribution in [1.29, 1.82) is 0 Å². The summed E-state index contributed by atoms with van der Waals surface area (Å²) in [6, 6.07) is 63.4. The van der Waals surface area contributed by atoms with Crippen LogP contribution in [0.4, 0.5) is 0 Å². The molecular weight excluding hydrogens is 661 g/mol. The van der Waals surface area contributed by atoms with Gasteiger partial charge in [-0.3, -0.25) is 0 Å². The minimum Gasteiger partial charge on any atom is -0.455 e. The zero-order valence-corrected chi connectivity index (χ0v) is 29.0. The normalized spacial score (nSPS) is 11.7. The van der Waals surface area contributed by atoms with Crippen molar-refractivity contribution in [2.75, 3.05) is 0 Å². The van der Waals surface area contributed by atoms with Gasteiger partial charge in [-0.15, -0.1) is 0 Å². The Morgan fingerprint density at radius 2 is 0.944 bits per heavy atom. The molecule has 0 atom stereocenters. The molecule has 0 radical (unpaired) electrons. The molecule has 3 heterocycles. The fourth-order valence-electron chi connectivity index (χ4n) is 7.99. The van der Waals surface area contributed by atoms with Crippen molar-refractivity contribution in [1.82, 2.24) is 19.5 Å². The summed E-state index contributed by atoms with van der Waals surface area (Å²) in [6.07, 6.45) is 0. The first-order valence-corrected chi connectivity index (χ1v) is 18.1. The van der Waals surface area contributed by atoms with Crippen molar-refractivity contribution >= 4 is 54.5 Å². The molecule has 8 aromatic carbocycles. The quantitative estimate of drug-likeness (QED) is 0.180. The lowest BCUT2D eigenvalue weighted by molar-refractivity contribution is 0.669. The molecule has 0 fully saturated rings. The lowest BCUT2D eigenvalue weighted by Crippen LogP contribution is -2.00. The van der Waals surface area contributed by atoms with Crippen LogP contribution in [-0.2, 0) is 0 Å². The van der Waals surface area contributed by atoms with E-state index in [9.17, 15) is 0 Å². The standard InChI is InChI=1S/C49H30N4O/c1-3-14-32(15-4-1)47-50-48(52-49(51-47)40-23-13-22-38-36-19-10-12-25-44(36)54-46(38)40)33-28-26-31(27-29-33)41-30-43-45(37-20-8-7-18-35(37)41)39-21-9-11-24-42(39)53(43)34-16-5-2-6-17-34/h1-30H. The molecule has 0 spiro atoms. The molecule has 0 amide bonds. The fraction of sp³-hybridized carbons (Fsp3) is 0. The zero-order valence-electron chi connectivity index (χ0n) is 29.0. The molecule has 54 heavy (non-hydrogen) atoms. The monoisotopic (exact) mass is 690 g/mol. The van der Waals surface area contributed by atoms with E-state index >= 15 is 0 Å². The van der Waals surface area contributed by atoms with Crippen molar-refractivity contribution < 1.29 is 4.42 Å². The van der Waals surface area contributed by atoms with Crippen LogP contribution in [0.25, 0.3) is 105 Å². The molecule has 0 saturated heterocycles. The highest BCUT2D eigenvalue weighted by Gasteiger charge is 2.20. The van der Waals surface area contributed by atoms with E-state index in [-0.39, 0.29) is 0 Å². The minimum atomic E-state index is 0.567. The largest absolute Gasteiger partial charge is 0.455 e. The highest BCUT2D eigenvalue weighted by Crippen LogP contribution is 2.42. The highest BCUT2D eigenvalue weighted by molar-refractivity contribution is 6.24. The van der Waals surface area contributed by atoms with Crippen LogP contribution in [0.5, 0.6) is 0 Å². The number of fused-ring (bicyclic) bond motifs is 8. The van der Waals surface area contributed by atoms with Gasteiger partial charge in [-0.2, -0.15) is 0 Å². The van der Waals surface area contributed by atoms with E-state index in [0.29, 0.717) is 17.5 Å². The second-order valence-corrected chi connectivity index (χ2v) is 13.6. The topological polar surface area (TPSA) is 56.7 Å². The van der Waals surface area contributed by atoms with E-state index in [2.05, 4.69) is 126 Å². The molecule has 5 nitrogen and oxygen atoms in total. The van der Waals surface area contributed by atoms with Crippen LogP contribution < -0.4 is 0 Å². The molecule has 0 aliphatic carbocycles. The Morgan fingerprint density at radius 3 is 1.72 bits per heavy atom. The van der Waals surface area contributed by atoms with Gasteiger partial charge < -0.3 is 8.98 Å². The maximum atomic E-state index is 6.41. The van der Waals surface area contributed by atoms with Gasteiger partial charge in [0.1, 0.15) is 11.2 Å². The maximum Gasteiger partial charge on any atom is 0.167 e. The number of aromatic nitrogens is 4. The minimum absolute atomic E-state index is 0.567. The number of para-hydroxylation sites is 4. The molecule has 0 N–H and O–H groups in total. The summed E-state index contributed by atoms with van der Waals surface area (Å²) in [6.45, 7) is 0. The Morgan fingerprint density at radius 1 is 0.370 bits per heavy atom. The van der Waals surface area contributed by atoms with Crippen molar-refractivity contribution in [2.24, 2.45) is 0 Å². The molecule has 0 aliphatic rings. The Bertz CT molecular complexity index is 3200. The number of nitrogens with zero attached hydrogens (tertiary/aromatic N) is 4. The Labute approximate surface area is 310 Å². The van der Waals surface area contributed by atoms with Crippen LogP contribution in [0.15, 0.2) is 186 Å². The van der Waals surface area contributed by atoms with Gasteiger partial charge in [0.15, 0.2) is 17.5 Å². The SMILES string of the molecule is c1ccc(-c2nc(-c3ccc(-c4cc5c(c6ccccc46)c4ccccc4n5-c4ccccc4)cc3)nc(-c3cccc4c3oc3ccccc34)n2)cc1. The van der Waals surface area contributed by atoms with Crippen LogP contribution >= 0.6 is 0 Å². The van der Waals surface area contributed by atoms with Crippen molar-refractivity contribution in [3.05, 3.63) is 182 Å². The first kappa shape index (κ1) is 30.3. The third-order valence-corrected chi connectivity index (χ3v) is 10.5. The Hall–Kier alpha value is -7.37. The predicted molar refractivity (Wildman–Crippen MR) is 221 cm³/mol. The molecule has 11 rings (SSSR count). The summed E-state index contributed by atoms with van der Waals surface area (Å²) >= 11 is 0. The first-order valence-electron chi connectivity index (χ1n) is 18.1. The highest BCUT2D eigenvalue weighted by atomic mass is 16.3. The third-order valence-electron chi connectivity index (χ3n) is 10.5. The molecule has 5 heteroatoms. The predicted octanol–water partition coefficient (Wildman–Crippen LogP) is 12.7. The van der Waals surface area contributed by atoms with Gasteiger partial charge in [0, 0.05) is 38.4 Å². The van der Waals surface area contributed by atoms with E-state index in [0.717, 1.165) is 49.9 Å².